The van der Waals surface area contributed by atoms with Gasteiger partial charge in [0.05, 0.1) is 55.3 Å². The highest BCUT2D eigenvalue weighted by atomic mass is 16.5. The maximum Gasteiger partial charge on any atom is 0.407 e. The minimum Gasteiger partial charge on any atom is -0.488 e. The van der Waals surface area contributed by atoms with Crippen LogP contribution in [0.3, 0.4) is 0 Å². The van der Waals surface area contributed by atoms with Crippen molar-refractivity contribution in [1.29, 1.82) is 0 Å². The van der Waals surface area contributed by atoms with Crippen LogP contribution in [0.15, 0.2) is 61.1 Å². The molecular weight excluding hydrogens is 777 g/mol. The number of likely N-dealkylation sites (tertiary alicyclic amines) is 2. The number of benzene rings is 3. The molecule has 2 aromatic heterocycles. The SMILES string of the molecule is C=C(N[C@H](C(=O)N1C[C@@H](C)C[C@H]1c1nc2ccc3cc4c(cc3c2[nH]1)OCc1cc(-c2cnc([C@@H]3CC[C@H](C)N3C(=O)[C@@H](NC(=O)OC)C(C)C)[nH]2)ccc1-4)[C@@H](C)OC)OC. The van der Waals surface area contributed by atoms with Crippen molar-refractivity contribution >= 4 is 39.7 Å². The number of rotatable bonds is 12. The van der Waals surface area contributed by atoms with Crippen LogP contribution in [0.5, 0.6) is 5.75 Å². The van der Waals surface area contributed by atoms with Gasteiger partial charge in [-0.2, -0.15) is 0 Å². The predicted molar refractivity (Wildman–Crippen MR) is 231 cm³/mol. The first-order valence-corrected chi connectivity index (χ1v) is 21.1. The van der Waals surface area contributed by atoms with E-state index in [0.717, 1.165) is 80.6 Å². The zero-order valence-corrected chi connectivity index (χ0v) is 36.1. The molecule has 61 heavy (non-hydrogen) atoms. The number of hydrogen-bond donors (Lipinski definition) is 4. The van der Waals surface area contributed by atoms with Crippen LogP contribution in [0.2, 0.25) is 0 Å². The first-order valence-electron chi connectivity index (χ1n) is 21.1. The number of hydrogen-bond acceptors (Lipinski definition) is 10. The van der Waals surface area contributed by atoms with E-state index >= 15 is 0 Å². The monoisotopic (exact) mass is 832 g/mol. The van der Waals surface area contributed by atoms with Crippen molar-refractivity contribution in [2.24, 2.45) is 11.8 Å². The van der Waals surface area contributed by atoms with E-state index in [1.54, 1.807) is 7.11 Å². The molecule has 7 atom stereocenters. The van der Waals surface area contributed by atoms with E-state index in [-0.39, 0.29) is 41.8 Å². The van der Waals surface area contributed by atoms with Gasteiger partial charge in [0.15, 0.2) is 5.88 Å². The lowest BCUT2D eigenvalue weighted by molar-refractivity contribution is -0.138. The van der Waals surface area contributed by atoms with Gasteiger partial charge in [-0.05, 0) is 97.9 Å². The Kier molecular flexibility index (Phi) is 11.4. The van der Waals surface area contributed by atoms with E-state index in [1.165, 1.54) is 14.2 Å². The van der Waals surface area contributed by atoms with Crippen molar-refractivity contribution in [3.8, 4) is 28.1 Å². The van der Waals surface area contributed by atoms with Gasteiger partial charge in [-0.3, -0.25) is 9.59 Å². The van der Waals surface area contributed by atoms with E-state index in [9.17, 15) is 14.4 Å². The second-order valence-corrected chi connectivity index (χ2v) is 17.1. The summed E-state index contributed by atoms with van der Waals surface area (Å²) in [4.78, 5) is 60.7. The number of aromatic amines is 2. The topological polar surface area (TPSA) is 176 Å². The van der Waals surface area contributed by atoms with Crippen LogP contribution in [-0.2, 0) is 30.4 Å². The highest BCUT2D eigenvalue weighted by molar-refractivity contribution is 6.07. The number of nitrogens with zero attached hydrogens (tertiary/aromatic N) is 4. The van der Waals surface area contributed by atoms with E-state index < -0.39 is 24.3 Å². The zero-order chi connectivity index (χ0) is 43.3. The minimum atomic E-state index is -0.715. The Morgan fingerprint density at radius 3 is 2.44 bits per heavy atom. The van der Waals surface area contributed by atoms with Crippen LogP contribution in [0.4, 0.5) is 4.79 Å². The summed E-state index contributed by atoms with van der Waals surface area (Å²) in [6, 6.07) is 12.8. The number of fused-ring (bicyclic) bond motifs is 6. The second-order valence-electron chi connectivity index (χ2n) is 17.1. The van der Waals surface area contributed by atoms with Gasteiger partial charge in [0, 0.05) is 30.6 Å². The molecule has 0 radical (unpaired) electrons. The van der Waals surface area contributed by atoms with Crippen LogP contribution in [0.25, 0.3) is 44.2 Å². The van der Waals surface area contributed by atoms with Crippen molar-refractivity contribution < 1.29 is 33.3 Å². The number of methoxy groups -OCH3 is 3. The number of alkyl carbamates (subject to hydrolysis) is 1. The van der Waals surface area contributed by atoms with Crippen LogP contribution >= 0.6 is 0 Å². The van der Waals surface area contributed by atoms with Crippen molar-refractivity contribution in [2.75, 3.05) is 27.9 Å². The number of amides is 3. The number of ether oxygens (including phenoxy) is 4. The van der Waals surface area contributed by atoms with E-state index in [2.05, 4.69) is 70.5 Å². The van der Waals surface area contributed by atoms with Gasteiger partial charge in [-0.1, -0.05) is 39.0 Å². The molecule has 0 unspecified atom stereocenters. The van der Waals surface area contributed by atoms with Crippen LogP contribution < -0.4 is 15.4 Å². The zero-order valence-electron chi connectivity index (χ0n) is 36.1. The fourth-order valence-corrected chi connectivity index (χ4v) is 9.25. The van der Waals surface area contributed by atoms with Gasteiger partial charge in [0.25, 0.3) is 0 Å². The Morgan fingerprint density at radius 2 is 1.70 bits per heavy atom. The van der Waals surface area contributed by atoms with E-state index in [1.807, 2.05) is 49.8 Å². The molecule has 0 spiro atoms. The number of carbonyl (C=O) groups is 3. The summed E-state index contributed by atoms with van der Waals surface area (Å²) in [5, 5.41) is 7.86. The maximum atomic E-state index is 14.1. The quantitative estimate of drug-likeness (QED) is 0.0948. The number of aromatic nitrogens is 4. The summed E-state index contributed by atoms with van der Waals surface area (Å²) in [5.74, 6) is 2.44. The van der Waals surface area contributed by atoms with Gasteiger partial charge in [0.1, 0.15) is 36.1 Å². The largest absolute Gasteiger partial charge is 0.488 e. The Labute approximate surface area is 355 Å². The van der Waals surface area contributed by atoms with E-state index in [0.29, 0.717) is 24.9 Å². The number of H-pyrrole nitrogens is 2. The van der Waals surface area contributed by atoms with Crippen molar-refractivity contribution in [3.63, 3.8) is 0 Å². The number of carbonyl (C=O) groups excluding carboxylic acids is 3. The first kappa shape index (κ1) is 41.6. The molecule has 3 aliphatic heterocycles. The van der Waals surface area contributed by atoms with Crippen molar-refractivity contribution in [2.45, 2.75) is 96.8 Å². The summed E-state index contributed by atoms with van der Waals surface area (Å²) in [6.45, 7) is 14.7. The third-order valence-electron chi connectivity index (χ3n) is 12.7. The molecule has 15 nitrogen and oxygen atoms in total. The predicted octanol–water partition coefficient (Wildman–Crippen LogP) is 7.12. The number of nitrogens with one attached hydrogen (secondary N) is 4. The molecule has 2 fully saturated rings. The minimum absolute atomic E-state index is 0.0126. The average molecular weight is 833 g/mol. The normalized spacial score (nSPS) is 21.1. The summed E-state index contributed by atoms with van der Waals surface area (Å²) in [7, 11) is 4.39. The molecule has 3 aromatic carbocycles. The molecule has 5 aromatic rings. The lowest BCUT2D eigenvalue weighted by Gasteiger charge is -2.32. The Bertz CT molecular complexity index is 2490. The maximum absolute atomic E-state index is 14.1. The summed E-state index contributed by atoms with van der Waals surface area (Å²) in [6.07, 6.45) is 3.12. The molecule has 3 aliphatic rings. The molecule has 8 rings (SSSR count). The van der Waals surface area contributed by atoms with Gasteiger partial charge >= 0.3 is 6.09 Å². The lowest BCUT2D eigenvalue weighted by Crippen LogP contribution is -2.52. The van der Waals surface area contributed by atoms with Crippen molar-refractivity contribution in [3.05, 3.63) is 78.3 Å². The fraction of sp³-hybridized carbons (Fsp3) is 0.457. The van der Waals surface area contributed by atoms with Gasteiger partial charge in [-0.25, -0.2) is 14.8 Å². The smallest absolute Gasteiger partial charge is 0.407 e. The highest BCUT2D eigenvalue weighted by Gasteiger charge is 2.42. The van der Waals surface area contributed by atoms with Gasteiger partial charge in [0.2, 0.25) is 11.8 Å². The van der Waals surface area contributed by atoms with E-state index in [4.69, 9.17) is 28.9 Å². The average Bonchev–Trinajstić information content (AvgIpc) is 4.08. The third kappa shape index (κ3) is 7.75. The molecule has 322 valence electrons. The van der Waals surface area contributed by atoms with Gasteiger partial charge < -0.3 is 49.3 Å². The Hall–Kier alpha value is -6.09. The van der Waals surface area contributed by atoms with Crippen molar-refractivity contribution in [1.82, 2.24) is 40.4 Å². The number of imidazole rings is 2. The molecule has 5 heterocycles. The molecule has 2 saturated heterocycles. The standard InChI is InChI=1S/C46H56N8O7/c1-23(2)39(52-46(57)60-9)45(56)54-25(4)10-15-36(54)42-47-20-35(50-42)29-11-13-31-30(17-29)22-61-38-19-32-28(18-33(31)38)12-14-34-41(32)51-43(49-34)37-16-24(3)21-53(37)44(55)40(26(5)58-7)48-27(6)59-8/h11-14,17-20,23-26,36-37,39-40,48H,6,10,15-16,21-22H2,1-5,7-9H3,(H,47,50)(H,49,51)(H,52,57)/t24-,25-,26+,36-,37-,39-,40-/m0/s1. The first-order chi connectivity index (χ1) is 29.3. The lowest BCUT2D eigenvalue weighted by atomic mass is 9.92. The molecule has 0 aliphatic carbocycles. The fourth-order valence-electron chi connectivity index (χ4n) is 9.25. The molecular formula is C46H56N8O7. The Balaban J connectivity index is 1.05. The second kappa shape index (κ2) is 16.8. The van der Waals surface area contributed by atoms with Crippen LogP contribution in [0.1, 0.15) is 83.2 Å². The third-order valence-corrected chi connectivity index (χ3v) is 12.7. The molecule has 0 bridgehead atoms. The molecule has 4 N–H and O–H groups in total. The summed E-state index contributed by atoms with van der Waals surface area (Å²) < 4.78 is 22.1. The highest BCUT2D eigenvalue weighted by Crippen LogP contribution is 2.44. The van der Waals surface area contributed by atoms with Gasteiger partial charge in [-0.15, -0.1) is 0 Å². The van der Waals surface area contributed by atoms with Crippen LogP contribution in [-0.4, -0.2) is 99.7 Å². The molecule has 15 heteroatoms. The summed E-state index contributed by atoms with van der Waals surface area (Å²) in [5.41, 5.74) is 6.67. The molecule has 0 saturated carbocycles. The summed E-state index contributed by atoms with van der Waals surface area (Å²) >= 11 is 0. The molecule has 3 amide bonds. The Morgan fingerprint density at radius 1 is 0.902 bits per heavy atom. The van der Waals surface area contributed by atoms with Crippen LogP contribution in [0, 0.1) is 11.8 Å².